The number of para-hydroxylation sites is 1. The normalized spacial score (nSPS) is 17.2. The van der Waals surface area contributed by atoms with Crippen molar-refractivity contribution in [1.29, 1.82) is 0 Å². The van der Waals surface area contributed by atoms with E-state index in [9.17, 15) is 4.39 Å². The summed E-state index contributed by atoms with van der Waals surface area (Å²) in [6.45, 7) is 0.818. The van der Waals surface area contributed by atoms with Gasteiger partial charge in [0.25, 0.3) is 0 Å². The second-order valence-electron chi connectivity index (χ2n) is 4.66. The summed E-state index contributed by atoms with van der Waals surface area (Å²) in [6, 6.07) is 7.15. The molecule has 0 heterocycles. The Morgan fingerprint density at radius 2 is 2.12 bits per heavy atom. The van der Waals surface area contributed by atoms with Crippen molar-refractivity contribution in [2.45, 2.75) is 25.3 Å². The van der Waals surface area contributed by atoms with Crippen molar-refractivity contribution >= 4 is 5.69 Å². The van der Waals surface area contributed by atoms with Crippen molar-refractivity contribution in [3.8, 4) is 0 Å². The van der Waals surface area contributed by atoms with Gasteiger partial charge in [0.05, 0.1) is 5.69 Å². The lowest BCUT2D eigenvalue weighted by molar-refractivity contribution is 0.546. The van der Waals surface area contributed by atoms with Gasteiger partial charge in [-0.05, 0) is 37.3 Å². The lowest BCUT2D eigenvalue weighted by Crippen LogP contribution is -2.29. The lowest BCUT2D eigenvalue weighted by Gasteiger charge is -2.21. The molecular weight excluding hydrogens is 203 g/mol. The van der Waals surface area contributed by atoms with E-state index in [1.807, 2.05) is 18.0 Å². The number of anilines is 1. The van der Waals surface area contributed by atoms with E-state index in [2.05, 4.69) is 0 Å². The monoisotopic (exact) mass is 222 g/mol. The largest absolute Gasteiger partial charge is 0.372 e. The predicted molar refractivity (Wildman–Crippen MR) is 65.0 cm³/mol. The van der Waals surface area contributed by atoms with Gasteiger partial charge < -0.3 is 10.6 Å². The summed E-state index contributed by atoms with van der Waals surface area (Å²) >= 11 is 0. The van der Waals surface area contributed by atoms with Gasteiger partial charge in [0.1, 0.15) is 5.82 Å². The highest BCUT2D eigenvalue weighted by Crippen LogP contribution is 2.33. The molecule has 1 atom stereocenters. The molecule has 3 heteroatoms. The van der Waals surface area contributed by atoms with Gasteiger partial charge in [-0.1, -0.05) is 12.1 Å². The molecule has 1 fully saturated rings. The number of nitrogens with zero attached hydrogens (tertiary/aromatic N) is 1. The van der Waals surface area contributed by atoms with Gasteiger partial charge in [-0.25, -0.2) is 4.39 Å². The number of halogens is 1. The van der Waals surface area contributed by atoms with E-state index in [-0.39, 0.29) is 11.9 Å². The number of nitrogens with two attached hydrogens (primary N) is 1. The molecule has 0 saturated heterocycles. The van der Waals surface area contributed by atoms with Gasteiger partial charge in [-0.3, -0.25) is 0 Å². The molecule has 2 rings (SSSR count). The molecule has 0 bridgehead atoms. The van der Waals surface area contributed by atoms with E-state index >= 15 is 0 Å². The molecule has 1 aromatic carbocycles. The third-order valence-corrected chi connectivity index (χ3v) is 3.29. The Morgan fingerprint density at radius 3 is 2.75 bits per heavy atom. The zero-order valence-electron chi connectivity index (χ0n) is 9.70. The summed E-state index contributed by atoms with van der Waals surface area (Å²) in [5, 5.41) is 0. The highest BCUT2D eigenvalue weighted by molar-refractivity contribution is 5.46. The Kier molecular flexibility index (Phi) is 3.44. The Hall–Kier alpha value is -1.09. The minimum atomic E-state index is -0.162. The fourth-order valence-corrected chi connectivity index (χ4v) is 1.98. The predicted octanol–water partition coefficient (Wildman–Crippen LogP) is 2.39. The molecule has 1 aromatic rings. The van der Waals surface area contributed by atoms with Crippen molar-refractivity contribution in [3.63, 3.8) is 0 Å². The molecule has 0 spiro atoms. The van der Waals surface area contributed by atoms with Crippen LogP contribution in [0.15, 0.2) is 24.3 Å². The maximum Gasteiger partial charge on any atom is 0.146 e. The highest BCUT2D eigenvalue weighted by Gasteiger charge is 2.28. The third-order valence-electron chi connectivity index (χ3n) is 3.29. The van der Waals surface area contributed by atoms with Gasteiger partial charge in [-0.2, -0.15) is 0 Å². The standard InChI is InChI=1S/C13H19FN2/c1-16(9-8-12(15)10-6-7-10)13-5-3-2-4-11(13)14/h2-5,10,12H,6-9,15H2,1H3. The zero-order valence-corrected chi connectivity index (χ0v) is 9.70. The molecule has 0 radical (unpaired) electrons. The first-order valence-corrected chi connectivity index (χ1v) is 5.89. The molecule has 16 heavy (non-hydrogen) atoms. The van der Waals surface area contributed by atoms with Crippen LogP contribution < -0.4 is 10.6 Å². The van der Waals surface area contributed by atoms with Crippen LogP contribution in [0.2, 0.25) is 0 Å². The number of hydrogen-bond acceptors (Lipinski definition) is 2. The van der Waals surface area contributed by atoms with Crippen LogP contribution in [0, 0.1) is 11.7 Å². The quantitative estimate of drug-likeness (QED) is 0.829. The smallest absolute Gasteiger partial charge is 0.146 e. The molecule has 2 N–H and O–H groups in total. The Balaban J connectivity index is 1.87. The highest BCUT2D eigenvalue weighted by atomic mass is 19.1. The lowest BCUT2D eigenvalue weighted by atomic mass is 10.1. The van der Waals surface area contributed by atoms with Gasteiger partial charge in [0.15, 0.2) is 0 Å². The first kappa shape index (κ1) is 11.4. The van der Waals surface area contributed by atoms with Crippen LogP contribution in [0.3, 0.4) is 0 Å². The molecule has 0 aromatic heterocycles. The molecule has 2 nitrogen and oxygen atoms in total. The number of benzene rings is 1. The van der Waals surface area contributed by atoms with Crippen LogP contribution in [-0.2, 0) is 0 Å². The molecule has 88 valence electrons. The van der Waals surface area contributed by atoms with E-state index in [0.29, 0.717) is 11.6 Å². The third kappa shape index (κ3) is 2.73. The molecule has 1 unspecified atom stereocenters. The maximum absolute atomic E-state index is 13.5. The van der Waals surface area contributed by atoms with Crippen LogP contribution >= 0.6 is 0 Å². The Labute approximate surface area is 96.2 Å². The van der Waals surface area contributed by atoms with Crippen molar-refractivity contribution in [1.82, 2.24) is 0 Å². The topological polar surface area (TPSA) is 29.3 Å². The van der Waals surface area contributed by atoms with Crippen molar-refractivity contribution < 1.29 is 4.39 Å². The maximum atomic E-state index is 13.5. The molecule has 1 aliphatic rings. The fraction of sp³-hybridized carbons (Fsp3) is 0.538. The molecule has 0 amide bonds. The summed E-state index contributed by atoms with van der Waals surface area (Å²) in [6.07, 6.45) is 3.48. The average molecular weight is 222 g/mol. The van der Waals surface area contributed by atoms with E-state index in [1.165, 1.54) is 18.9 Å². The van der Waals surface area contributed by atoms with E-state index < -0.39 is 0 Å². The van der Waals surface area contributed by atoms with Crippen LogP contribution in [-0.4, -0.2) is 19.6 Å². The van der Waals surface area contributed by atoms with E-state index in [4.69, 9.17) is 5.73 Å². The van der Waals surface area contributed by atoms with Crippen LogP contribution in [0.25, 0.3) is 0 Å². The second-order valence-corrected chi connectivity index (χ2v) is 4.66. The van der Waals surface area contributed by atoms with Crippen LogP contribution in [0.4, 0.5) is 10.1 Å². The summed E-state index contributed by atoms with van der Waals surface area (Å²) in [4.78, 5) is 1.94. The van der Waals surface area contributed by atoms with Crippen molar-refractivity contribution in [2.75, 3.05) is 18.5 Å². The van der Waals surface area contributed by atoms with E-state index in [0.717, 1.165) is 13.0 Å². The van der Waals surface area contributed by atoms with Crippen molar-refractivity contribution in [2.24, 2.45) is 11.7 Å². The number of rotatable bonds is 5. The van der Waals surface area contributed by atoms with E-state index in [1.54, 1.807) is 12.1 Å². The summed E-state index contributed by atoms with van der Waals surface area (Å²) < 4.78 is 13.5. The van der Waals surface area contributed by atoms with Crippen LogP contribution in [0.1, 0.15) is 19.3 Å². The Morgan fingerprint density at radius 1 is 1.44 bits per heavy atom. The first-order chi connectivity index (χ1) is 7.68. The minimum absolute atomic E-state index is 0.162. The average Bonchev–Trinajstić information content (AvgIpc) is 3.10. The minimum Gasteiger partial charge on any atom is -0.372 e. The van der Waals surface area contributed by atoms with Gasteiger partial charge in [0.2, 0.25) is 0 Å². The fourth-order valence-electron chi connectivity index (χ4n) is 1.98. The molecule has 1 saturated carbocycles. The Bertz CT molecular complexity index is 350. The molecule has 0 aliphatic heterocycles. The van der Waals surface area contributed by atoms with Crippen molar-refractivity contribution in [3.05, 3.63) is 30.1 Å². The number of hydrogen-bond donors (Lipinski definition) is 1. The molecule has 1 aliphatic carbocycles. The first-order valence-electron chi connectivity index (χ1n) is 5.89. The van der Waals surface area contributed by atoms with Crippen LogP contribution in [0.5, 0.6) is 0 Å². The van der Waals surface area contributed by atoms with Gasteiger partial charge in [0, 0.05) is 19.6 Å². The summed E-state index contributed by atoms with van der Waals surface area (Å²) in [5.41, 5.74) is 6.68. The molecular formula is C13H19FN2. The van der Waals surface area contributed by atoms with Gasteiger partial charge >= 0.3 is 0 Å². The van der Waals surface area contributed by atoms with Gasteiger partial charge in [-0.15, -0.1) is 0 Å². The second kappa shape index (κ2) is 4.83. The summed E-state index contributed by atoms with van der Waals surface area (Å²) in [7, 11) is 1.91. The SMILES string of the molecule is CN(CCC(N)C1CC1)c1ccccc1F. The zero-order chi connectivity index (χ0) is 11.5. The summed E-state index contributed by atoms with van der Waals surface area (Å²) in [5.74, 6) is 0.555.